The second kappa shape index (κ2) is 6.22. The number of carbonyl (C=O) groups excluding carboxylic acids is 1. The Kier molecular flexibility index (Phi) is 4.49. The van der Waals surface area contributed by atoms with Gasteiger partial charge in [0.15, 0.2) is 0 Å². The molecule has 1 amide bonds. The number of ether oxygens (including phenoxy) is 2. The molecule has 136 valence electrons. The third kappa shape index (κ3) is 3.62. The molecule has 6 nitrogen and oxygen atoms in total. The first kappa shape index (κ1) is 18.1. The van der Waals surface area contributed by atoms with Crippen LogP contribution in [0.3, 0.4) is 0 Å². The minimum absolute atomic E-state index is 0.283. The van der Waals surface area contributed by atoms with Crippen molar-refractivity contribution < 1.29 is 23.6 Å². The lowest BCUT2D eigenvalue weighted by Gasteiger charge is -2.30. The number of alkyl carbamates (subject to hydrolysis) is 1. The molecule has 0 aromatic heterocycles. The highest BCUT2D eigenvalue weighted by Crippen LogP contribution is 2.43. The lowest BCUT2D eigenvalue weighted by molar-refractivity contribution is 0.0485. The van der Waals surface area contributed by atoms with Gasteiger partial charge in [0.25, 0.3) is 0 Å². The number of allylic oxidation sites excluding steroid dienone is 3. The maximum absolute atomic E-state index is 11.9. The Bertz CT molecular complexity index is 671. The third-order valence-electron chi connectivity index (χ3n) is 4.56. The zero-order chi connectivity index (χ0) is 18.4. The van der Waals surface area contributed by atoms with Crippen molar-refractivity contribution in [3.8, 4) is 0 Å². The highest BCUT2D eigenvalue weighted by molar-refractivity contribution is 6.57. The molecule has 1 atom stereocenters. The largest absolute Gasteiger partial charge is 0.497 e. The third-order valence-corrected chi connectivity index (χ3v) is 4.56. The van der Waals surface area contributed by atoms with Crippen molar-refractivity contribution >= 4 is 13.2 Å². The average molecular weight is 347 g/mol. The summed E-state index contributed by atoms with van der Waals surface area (Å²) in [6.07, 6.45) is 2.93. The summed E-state index contributed by atoms with van der Waals surface area (Å²) in [5.74, 6) is 0. The molecule has 1 N–H and O–H groups in total. The number of rotatable bonds is 2. The van der Waals surface area contributed by atoms with Crippen LogP contribution in [0.5, 0.6) is 0 Å². The van der Waals surface area contributed by atoms with Crippen molar-refractivity contribution in [2.75, 3.05) is 13.2 Å². The Morgan fingerprint density at radius 1 is 1.44 bits per heavy atom. The SMILES string of the molecule is CC1=C2C=COCC3=C2B(O[C@@H]1CNC(=O)OC(C)(C)C)OC3(C)C. The minimum atomic E-state index is -0.532. The number of hydrogen-bond donors (Lipinski definition) is 1. The van der Waals surface area contributed by atoms with Crippen LogP contribution in [0.15, 0.2) is 34.5 Å². The van der Waals surface area contributed by atoms with Crippen LogP contribution in [0.1, 0.15) is 41.5 Å². The fourth-order valence-corrected chi connectivity index (χ4v) is 3.30. The van der Waals surface area contributed by atoms with Crippen LogP contribution < -0.4 is 5.32 Å². The second-order valence-corrected chi connectivity index (χ2v) is 8.07. The fraction of sp³-hybridized carbons (Fsp3) is 0.611. The first-order valence-corrected chi connectivity index (χ1v) is 8.61. The Morgan fingerprint density at radius 3 is 2.84 bits per heavy atom. The van der Waals surface area contributed by atoms with Crippen LogP contribution in [-0.4, -0.2) is 43.7 Å². The van der Waals surface area contributed by atoms with E-state index in [9.17, 15) is 4.79 Å². The second-order valence-electron chi connectivity index (χ2n) is 8.07. The van der Waals surface area contributed by atoms with Crippen LogP contribution in [0.4, 0.5) is 4.79 Å². The predicted octanol–water partition coefficient (Wildman–Crippen LogP) is 2.90. The van der Waals surface area contributed by atoms with Gasteiger partial charge in [-0.05, 0) is 69.8 Å². The van der Waals surface area contributed by atoms with E-state index >= 15 is 0 Å². The Morgan fingerprint density at radius 2 is 2.16 bits per heavy atom. The average Bonchev–Trinajstić information content (AvgIpc) is 2.63. The van der Waals surface area contributed by atoms with Gasteiger partial charge in [-0.15, -0.1) is 0 Å². The molecule has 0 radical (unpaired) electrons. The molecule has 0 bridgehead atoms. The predicted molar refractivity (Wildman–Crippen MR) is 94.8 cm³/mol. The maximum Gasteiger partial charge on any atom is 0.495 e. The van der Waals surface area contributed by atoms with Crippen molar-refractivity contribution in [2.45, 2.75) is 58.8 Å². The van der Waals surface area contributed by atoms with Gasteiger partial charge < -0.3 is 24.1 Å². The molecule has 0 aromatic rings. The number of hydrogen-bond acceptors (Lipinski definition) is 5. The molecular formula is C18H26BNO5. The molecule has 3 aliphatic heterocycles. The molecule has 3 aliphatic rings. The number of amides is 1. The summed E-state index contributed by atoms with van der Waals surface area (Å²) < 4.78 is 23.1. The Labute approximate surface area is 149 Å². The van der Waals surface area contributed by atoms with Gasteiger partial charge in [-0.2, -0.15) is 0 Å². The van der Waals surface area contributed by atoms with E-state index in [1.807, 2.05) is 47.6 Å². The summed E-state index contributed by atoms with van der Waals surface area (Å²) in [5, 5.41) is 2.78. The summed E-state index contributed by atoms with van der Waals surface area (Å²) >= 11 is 0. The van der Waals surface area contributed by atoms with E-state index in [-0.39, 0.29) is 6.10 Å². The lowest BCUT2D eigenvalue weighted by atomic mass is 9.68. The zero-order valence-electron chi connectivity index (χ0n) is 15.8. The van der Waals surface area contributed by atoms with Gasteiger partial charge in [-0.1, -0.05) is 0 Å². The summed E-state index contributed by atoms with van der Waals surface area (Å²) in [5.41, 5.74) is 3.31. The molecule has 25 heavy (non-hydrogen) atoms. The van der Waals surface area contributed by atoms with Crippen LogP contribution in [0.25, 0.3) is 0 Å². The van der Waals surface area contributed by atoms with Crippen molar-refractivity contribution in [1.82, 2.24) is 5.32 Å². The first-order valence-electron chi connectivity index (χ1n) is 8.61. The molecule has 3 rings (SSSR count). The van der Waals surface area contributed by atoms with E-state index in [0.717, 1.165) is 22.2 Å². The molecule has 0 fully saturated rings. The van der Waals surface area contributed by atoms with Gasteiger partial charge in [0.05, 0.1) is 18.0 Å². The van der Waals surface area contributed by atoms with E-state index in [4.69, 9.17) is 18.8 Å². The molecule has 0 saturated carbocycles. The van der Waals surface area contributed by atoms with Gasteiger partial charge in [0, 0.05) is 6.54 Å². The van der Waals surface area contributed by atoms with E-state index in [2.05, 4.69) is 5.32 Å². The van der Waals surface area contributed by atoms with Crippen LogP contribution >= 0.6 is 0 Å². The Hall–Kier alpha value is -1.73. The highest BCUT2D eigenvalue weighted by Gasteiger charge is 2.50. The Balaban J connectivity index is 1.80. The van der Waals surface area contributed by atoms with Crippen molar-refractivity contribution in [3.63, 3.8) is 0 Å². The van der Waals surface area contributed by atoms with Crippen LogP contribution in [0, 0.1) is 0 Å². The van der Waals surface area contributed by atoms with E-state index in [1.54, 1.807) is 6.26 Å². The first-order chi connectivity index (χ1) is 11.6. The monoisotopic (exact) mass is 347 g/mol. The summed E-state index contributed by atoms with van der Waals surface area (Å²) in [4.78, 5) is 11.9. The smallest absolute Gasteiger partial charge is 0.495 e. The molecule has 7 heteroatoms. The van der Waals surface area contributed by atoms with Gasteiger partial charge in [0.1, 0.15) is 12.2 Å². The van der Waals surface area contributed by atoms with Gasteiger partial charge in [-0.25, -0.2) is 4.79 Å². The van der Waals surface area contributed by atoms with Crippen LogP contribution in [0.2, 0.25) is 0 Å². The van der Waals surface area contributed by atoms with E-state index in [0.29, 0.717) is 13.2 Å². The van der Waals surface area contributed by atoms with Gasteiger partial charge in [0.2, 0.25) is 0 Å². The standard InChI is InChI=1S/C18H26BNO5/c1-11-12-7-8-22-10-13-15(12)19(25-18(13,5)6)24-14(11)9-20-16(21)23-17(2,3)4/h7-8,14H,9-10H2,1-6H3,(H,20,21)/t14-/m1/s1. The topological polar surface area (TPSA) is 66.0 Å². The summed E-state index contributed by atoms with van der Waals surface area (Å²) in [6, 6.07) is 0. The van der Waals surface area contributed by atoms with E-state index < -0.39 is 24.4 Å². The zero-order valence-corrected chi connectivity index (χ0v) is 15.8. The van der Waals surface area contributed by atoms with E-state index in [1.165, 1.54) is 0 Å². The van der Waals surface area contributed by atoms with Gasteiger partial charge in [-0.3, -0.25) is 0 Å². The number of nitrogens with one attached hydrogen (secondary N) is 1. The fourth-order valence-electron chi connectivity index (χ4n) is 3.30. The molecule has 0 spiro atoms. The molecular weight excluding hydrogens is 321 g/mol. The van der Waals surface area contributed by atoms with Gasteiger partial charge >= 0.3 is 13.2 Å². The van der Waals surface area contributed by atoms with Crippen molar-refractivity contribution in [1.29, 1.82) is 0 Å². The molecule has 0 aromatic carbocycles. The number of carbonyl (C=O) groups is 1. The molecule has 0 unspecified atom stereocenters. The minimum Gasteiger partial charge on any atom is -0.497 e. The normalized spacial score (nSPS) is 24.7. The summed E-state index contributed by atoms with van der Waals surface area (Å²) in [7, 11) is -0.444. The maximum atomic E-state index is 11.9. The van der Waals surface area contributed by atoms with Crippen molar-refractivity contribution in [2.24, 2.45) is 0 Å². The highest BCUT2D eigenvalue weighted by atomic mass is 16.6. The quantitative estimate of drug-likeness (QED) is 0.778. The summed E-state index contributed by atoms with van der Waals surface area (Å²) in [6.45, 7) is 12.4. The molecule has 0 saturated heterocycles. The van der Waals surface area contributed by atoms with Crippen LogP contribution in [-0.2, 0) is 18.8 Å². The molecule has 0 aliphatic carbocycles. The van der Waals surface area contributed by atoms with Crippen molar-refractivity contribution in [3.05, 3.63) is 34.5 Å². The molecule has 3 heterocycles. The lowest BCUT2D eigenvalue weighted by Crippen LogP contribution is -2.44.